The molecule has 1 unspecified atom stereocenters. The quantitative estimate of drug-likeness (QED) is 0.472. The van der Waals surface area contributed by atoms with Crippen molar-refractivity contribution in [1.82, 2.24) is 5.32 Å². The molecular weight excluding hydrogens is 276 g/mol. The molecule has 7 nitrogen and oxygen atoms in total. The highest BCUT2D eigenvalue weighted by Gasteiger charge is 2.22. The Morgan fingerprint density at radius 2 is 1.95 bits per heavy atom. The molecule has 0 aliphatic rings. The van der Waals surface area contributed by atoms with Crippen molar-refractivity contribution in [1.29, 1.82) is 0 Å². The minimum Gasteiger partial charge on any atom is -0.480 e. The van der Waals surface area contributed by atoms with Gasteiger partial charge in [0.2, 0.25) is 5.91 Å². The van der Waals surface area contributed by atoms with Gasteiger partial charge in [0.1, 0.15) is 6.04 Å². The van der Waals surface area contributed by atoms with Crippen LogP contribution in [0.1, 0.15) is 19.4 Å². The largest absolute Gasteiger partial charge is 0.480 e. The third kappa shape index (κ3) is 4.72. The summed E-state index contributed by atoms with van der Waals surface area (Å²) in [4.78, 5) is 32.9. The number of nitrogens with zero attached hydrogens (tertiary/aromatic N) is 1. The predicted molar refractivity (Wildman–Crippen MR) is 76.5 cm³/mol. The molecule has 1 aromatic rings. The Bertz CT molecular complexity index is 580. The highest BCUT2D eigenvalue weighted by Crippen LogP contribution is 2.18. The van der Waals surface area contributed by atoms with Crippen LogP contribution in [-0.4, -0.2) is 27.9 Å². The minimum absolute atomic E-state index is 0.125. The highest BCUT2D eigenvalue weighted by molar-refractivity contribution is 5.94. The summed E-state index contributed by atoms with van der Waals surface area (Å²) < 4.78 is 0. The van der Waals surface area contributed by atoms with E-state index in [0.29, 0.717) is 0 Å². The number of rotatable bonds is 6. The van der Waals surface area contributed by atoms with Gasteiger partial charge in [-0.15, -0.1) is 0 Å². The number of carbonyl (C=O) groups excluding carboxylic acids is 1. The van der Waals surface area contributed by atoms with Crippen LogP contribution < -0.4 is 5.32 Å². The number of nitrogens with one attached hydrogen (secondary N) is 1. The van der Waals surface area contributed by atoms with E-state index in [0.717, 1.165) is 6.08 Å². The molecule has 7 heteroatoms. The topological polar surface area (TPSA) is 110 Å². The lowest BCUT2D eigenvalue weighted by Gasteiger charge is -2.16. The fourth-order valence-electron chi connectivity index (χ4n) is 1.68. The molecule has 1 amide bonds. The maximum absolute atomic E-state index is 11.7. The molecule has 0 saturated carbocycles. The molecule has 1 rings (SSSR count). The van der Waals surface area contributed by atoms with Crippen LogP contribution >= 0.6 is 0 Å². The summed E-state index contributed by atoms with van der Waals surface area (Å²) in [6, 6.07) is 4.95. The van der Waals surface area contributed by atoms with Crippen LogP contribution in [0.2, 0.25) is 0 Å². The van der Waals surface area contributed by atoms with Gasteiger partial charge in [0, 0.05) is 12.1 Å². The molecule has 1 atom stereocenters. The van der Waals surface area contributed by atoms with Gasteiger partial charge in [-0.25, -0.2) is 4.79 Å². The number of nitro benzene ring substituents is 1. The molecule has 112 valence electrons. The normalized spacial score (nSPS) is 12.3. The van der Waals surface area contributed by atoms with Crippen molar-refractivity contribution >= 4 is 23.6 Å². The van der Waals surface area contributed by atoms with Gasteiger partial charge in [-0.3, -0.25) is 14.9 Å². The van der Waals surface area contributed by atoms with Crippen molar-refractivity contribution in [3.63, 3.8) is 0 Å². The second kappa shape index (κ2) is 7.18. The van der Waals surface area contributed by atoms with Gasteiger partial charge in [0.15, 0.2) is 0 Å². The van der Waals surface area contributed by atoms with E-state index < -0.39 is 22.8 Å². The van der Waals surface area contributed by atoms with Crippen LogP contribution in [0.4, 0.5) is 5.69 Å². The molecule has 0 heterocycles. The number of hydrogen-bond acceptors (Lipinski definition) is 4. The van der Waals surface area contributed by atoms with E-state index in [4.69, 9.17) is 5.11 Å². The van der Waals surface area contributed by atoms with Crippen molar-refractivity contribution in [3.8, 4) is 0 Å². The van der Waals surface area contributed by atoms with Crippen molar-refractivity contribution in [2.24, 2.45) is 5.92 Å². The van der Waals surface area contributed by atoms with E-state index in [1.165, 1.54) is 24.3 Å². The Morgan fingerprint density at radius 1 is 1.33 bits per heavy atom. The summed E-state index contributed by atoms with van der Waals surface area (Å²) in [7, 11) is 0. The molecule has 0 radical (unpaired) electrons. The Hall–Kier alpha value is -2.70. The van der Waals surface area contributed by atoms with E-state index in [9.17, 15) is 19.7 Å². The lowest BCUT2D eigenvalue weighted by atomic mass is 10.0. The zero-order chi connectivity index (χ0) is 16.0. The molecule has 0 spiro atoms. The predicted octanol–water partition coefficient (Wildman–Crippen LogP) is 1.83. The number of carboxylic acids is 1. The average Bonchev–Trinajstić information content (AvgIpc) is 2.42. The van der Waals surface area contributed by atoms with Crippen LogP contribution in [0, 0.1) is 16.0 Å². The molecule has 2 N–H and O–H groups in total. The lowest BCUT2D eigenvalue weighted by molar-refractivity contribution is -0.385. The summed E-state index contributed by atoms with van der Waals surface area (Å²) in [5.41, 5.74) is 0.147. The van der Waals surface area contributed by atoms with Gasteiger partial charge >= 0.3 is 5.97 Å². The van der Waals surface area contributed by atoms with Crippen molar-refractivity contribution < 1.29 is 19.6 Å². The van der Waals surface area contributed by atoms with Crippen LogP contribution in [0.3, 0.4) is 0 Å². The van der Waals surface area contributed by atoms with Gasteiger partial charge in [-0.2, -0.15) is 0 Å². The van der Waals surface area contributed by atoms with E-state index in [-0.39, 0.29) is 17.2 Å². The van der Waals surface area contributed by atoms with Crippen molar-refractivity contribution in [2.45, 2.75) is 19.9 Å². The van der Waals surface area contributed by atoms with Gasteiger partial charge in [0.05, 0.1) is 10.5 Å². The Balaban J connectivity index is 2.84. The minimum atomic E-state index is -1.13. The maximum Gasteiger partial charge on any atom is 0.326 e. The molecule has 0 aliphatic carbocycles. The van der Waals surface area contributed by atoms with Crippen LogP contribution in [-0.2, 0) is 9.59 Å². The van der Waals surface area contributed by atoms with Gasteiger partial charge in [0.25, 0.3) is 5.69 Å². The second-order valence-electron chi connectivity index (χ2n) is 4.72. The molecule has 0 fully saturated rings. The van der Waals surface area contributed by atoms with Gasteiger partial charge in [-0.05, 0) is 18.1 Å². The number of para-hydroxylation sites is 1. The summed E-state index contributed by atoms with van der Waals surface area (Å²) in [6.45, 7) is 3.34. The van der Waals surface area contributed by atoms with E-state index in [1.54, 1.807) is 19.9 Å². The summed E-state index contributed by atoms with van der Waals surface area (Å²) >= 11 is 0. The van der Waals surface area contributed by atoms with Crippen LogP contribution in [0.25, 0.3) is 6.08 Å². The van der Waals surface area contributed by atoms with Crippen molar-refractivity contribution in [2.75, 3.05) is 0 Å². The molecule has 1 aromatic carbocycles. The summed E-state index contributed by atoms with van der Waals surface area (Å²) in [5.74, 6) is -2.02. The first kappa shape index (κ1) is 16.4. The number of carboxylic acid groups (broad SMARTS) is 1. The molecule has 0 aromatic heterocycles. The Morgan fingerprint density at radius 3 is 2.48 bits per heavy atom. The number of nitro groups is 1. The molecule has 0 saturated heterocycles. The van der Waals surface area contributed by atoms with E-state index in [1.807, 2.05) is 0 Å². The number of carbonyl (C=O) groups is 2. The fourth-order valence-corrected chi connectivity index (χ4v) is 1.68. The highest BCUT2D eigenvalue weighted by atomic mass is 16.6. The first-order valence-electron chi connectivity index (χ1n) is 6.27. The Kier molecular flexibility index (Phi) is 5.59. The maximum atomic E-state index is 11.7. The number of amides is 1. The van der Waals surface area contributed by atoms with Gasteiger partial charge < -0.3 is 10.4 Å². The van der Waals surface area contributed by atoms with E-state index >= 15 is 0 Å². The molecule has 0 aliphatic heterocycles. The second-order valence-corrected chi connectivity index (χ2v) is 4.72. The molecular formula is C14H16N2O5. The first-order chi connectivity index (χ1) is 9.82. The smallest absolute Gasteiger partial charge is 0.326 e. The number of aliphatic carboxylic acids is 1. The third-order valence-electron chi connectivity index (χ3n) is 2.78. The SMILES string of the molecule is CC(C)C(NC(=O)/C=C/c1ccccc1[N+](=O)[O-])C(=O)O. The zero-order valence-corrected chi connectivity index (χ0v) is 11.6. The van der Waals surface area contributed by atoms with Crippen LogP contribution in [0.5, 0.6) is 0 Å². The number of benzene rings is 1. The van der Waals surface area contributed by atoms with Gasteiger partial charge in [-0.1, -0.05) is 26.0 Å². The molecule has 21 heavy (non-hydrogen) atoms. The summed E-state index contributed by atoms with van der Waals surface area (Å²) in [6.07, 6.45) is 2.37. The lowest BCUT2D eigenvalue weighted by Crippen LogP contribution is -2.43. The zero-order valence-electron chi connectivity index (χ0n) is 11.6. The Labute approximate surface area is 121 Å². The third-order valence-corrected chi connectivity index (χ3v) is 2.78. The average molecular weight is 292 g/mol. The monoisotopic (exact) mass is 292 g/mol. The fraction of sp³-hybridized carbons (Fsp3) is 0.286. The van der Waals surface area contributed by atoms with Crippen molar-refractivity contribution in [3.05, 3.63) is 46.0 Å². The standard InChI is InChI=1S/C14H16N2O5/c1-9(2)13(14(18)19)15-12(17)8-7-10-5-3-4-6-11(10)16(20)21/h3-9,13H,1-2H3,(H,15,17)(H,18,19)/b8-7+. The van der Waals surface area contributed by atoms with E-state index in [2.05, 4.69) is 5.32 Å². The first-order valence-corrected chi connectivity index (χ1v) is 6.27. The number of hydrogen-bond donors (Lipinski definition) is 2. The summed E-state index contributed by atoms with van der Waals surface area (Å²) in [5, 5.41) is 22.1. The molecule has 0 bridgehead atoms. The van der Waals surface area contributed by atoms with Crippen LogP contribution in [0.15, 0.2) is 30.3 Å².